The smallest absolute Gasteiger partial charge is 0.416 e. The average molecular weight is 387 g/mol. The first-order valence-electron chi connectivity index (χ1n) is 9.29. The molecule has 0 amide bonds. The number of aryl methyl sites for hydroxylation is 1. The number of fused-ring (bicyclic) bond motifs is 1. The van der Waals surface area contributed by atoms with Crippen molar-refractivity contribution in [2.24, 2.45) is 0 Å². The predicted octanol–water partition coefficient (Wildman–Crippen LogP) is 5.93. The fourth-order valence-corrected chi connectivity index (χ4v) is 3.28. The van der Waals surface area contributed by atoms with Crippen molar-refractivity contribution in [2.75, 3.05) is 20.6 Å². The second-order valence-corrected chi connectivity index (χ2v) is 7.16. The molecule has 0 N–H and O–H groups in total. The van der Waals surface area contributed by atoms with Crippen LogP contribution in [-0.4, -0.2) is 25.5 Å². The van der Waals surface area contributed by atoms with Crippen LogP contribution in [0.2, 0.25) is 0 Å². The zero-order valence-corrected chi connectivity index (χ0v) is 16.1. The van der Waals surface area contributed by atoms with Crippen LogP contribution >= 0.6 is 0 Å². The van der Waals surface area contributed by atoms with Gasteiger partial charge in [0.25, 0.3) is 0 Å². The van der Waals surface area contributed by atoms with Gasteiger partial charge in [0.15, 0.2) is 0 Å². The molecule has 0 aliphatic heterocycles. The lowest BCUT2D eigenvalue weighted by atomic mass is 9.99. The molecule has 0 spiro atoms. The van der Waals surface area contributed by atoms with Crippen LogP contribution in [-0.2, 0) is 19.2 Å². The fourth-order valence-electron chi connectivity index (χ4n) is 3.28. The molecule has 0 aromatic heterocycles. The Morgan fingerprint density at radius 3 is 2.46 bits per heavy atom. The number of hydrogen-bond donors (Lipinski definition) is 0. The molecule has 0 fully saturated rings. The molecule has 5 heteroatoms. The predicted molar refractivity (Wildman–Crippen MR) is 107 cm³/mol. The van der Waals surface area contributed by atoms with Crippen molar-refractivity contribution < 1.29 is 17.9 Å². The highest BCUT2D eigenvalue weighted by molar-refractivity contribution is 5.87. The van der Waals surface area contributed by atoms with E-state index in [-0.39, 0.29) is 6.61 Å². The van der Waals surface area contributed by atoms with Gasteiger partial charge in [0.05, 0.1) is 5.56 Å². The Labute approximate surface area is 163 Å². The molecule has 3 rings (SSSR count). The molecule has 3 aromatic carbocycles. The minimum absolute atomic E-state index is 0.100. The van der Waals surface area contributed by atoms with E-state index in [0.717, 1.165) is 53.6 Å². The Balaban J connectivity index is 1.84. The molecule has 0 unspecified atom stereocenters. The van der Waals surface area contributed by atoms with Crippen LogP contribution in [0.1, 0.15) is 23.1 Å². The summed E-state index contributed by atoms with van der Waals surface area (Å²) in [5.41, 5.74) is 0.951. The van der Waals surface area contributed by atoms with Gasteiger partial charge in [0.1, 0.15) is 12.4 Å². The van der Waals surface area contributed by atoms with Gasteiger partial charge in [-0.2, -0.15) is 13.2 Å². The summed E-state index contributed by atoms with van der Waals surface area (Å²) < 4.78 is 44.8. The summed E-state index contributed by atoms with van der Waals surface area (Å²) in [5, 5.41) is 2.26. The van der Waals surface area contributed by atoms with Gasteiger partial charge in [-0.05, 0) is 68.0 Å². The molecule has 2 nitrogen and oxygen atoms in total. The summed E-state index contributed by atoms with van der Waals surface area (Å²) in [6.07, 6.45) is -2.53. The maximum atomic E-state index is 12.9. The molecule has 148 valence electrons. The molecule has 0 aliphatic carbocycles. The lowest BCUT2D eigenvalue weighted by Gasteiger charge is -2.16. The van der Waals surface area contributed by atoms with Crippen LogP contribution in [0.25, 0.3) is 10.8 Å². The minimum atomic E-state index is -4.35. The highest BCUT2D eigenvalue weighted by atomic mass is 19.4. The molecule has 28 heavy (non-hydrogen) atoms. The summed E-state index contributed by atoms with van der Waals surface area (Å²) >= 11 is 0. The van der Waals surface area contributed by atoms with Crippen molar-refractivity contribution in [2.45, 2.75) is 25.6 Å². The van der Waals surface area contributed by atoms with Gasteiger partial charge in [-0.15, -0.1) is 0 Å². The maximum Gasteiger partial charge on any atom is 0.416 e. The molecule has 0 radical (unpaired) electrons. The van der Waals surface area contributed by atoms with Crippen molar-refractivity contribution in [1.29, 1.82) is 0 Å². The van der Waals surface area contributed by atoms with E-state index in [2.05, 4.69) is 17.0 Å². The van der Waals surface area contributed by atoms with Gasteiger partial charge in [-0.1, -0.05) is 42.5 Å². The first-order valence-corrected chi connectivity index (χ1v) is 9.29. The normalized spacial score (nSPS) is 11.9. The van der Waals surface area contributed by atoms with Crippen LogP contribution < -0.4 is 4.74 Å². The summed E-state index contributed by atoms with van der Waals surface area (Å²) in [7, 11) is 4.07. The number of ether oxygens (including phenoxy) is 1. The molecule has 3 aromatic rings. The highest BCUT2D eigenvalue weighted by Gasteiger charge is 2.30. The van der Waals surface area contributed by atoms with E-state index in [9.17, 15) is 13.2 Å². The highest BCUT2D eigenvalue weighted by Crippen LogP contribution is 2.32. The second kappa shape index (κ2) is 8.65. The van der Waals surface area contributed by atoms with Gasteiger partial charge in [-0.25, -0.2) is 0 Å². The van der Waals surface area contributed by atoms with Gasteiger partial charge < -0.3 is 9.64 Å². The average Bonchev–Trinajstić information content (AvgIpc) is 2.66. The van der Waals surface area contributed by atoms with E-state index in [1.165, 1.54) is 6.07 Å². The number of benzene rings is 3. The van der Waals surface area contributed by atoms with Gasteiger partial charge in [0, 0.05) is 5.56 Å². The van der Waals surface area contributed by atoms with E-state index in [4.69, 9.17) is 4.74 Å². The second-order valence-electron chi connectivity index (χ2n) is 7.16. The molecule has 0 saturated heterocycles. The topological polar surface area (TPSA) is 12.5 Å². The number of alkyl halides is 3. The summed E-state index contributed by atoms with van der Waals surface area (Å²) in [4.78, 5) is 2.13. The third-order valence-corrected chi connectivity index (χ3v) is 4.68. The van der Waals surface area contributed by atoms with E-state index in [0.29, 0.717) is 5.56 Å². The third kappa shape index (κ3) is 5.04. The zero-order chi connectivity index (χ0) is 20.1. The van der Waals surface area contributed by atoms with Gasteiger partial charge >= 0.3 is 6.18 Å². The summed E-state index contributed by atoms with van der Waals surface area (Å²) in [6, 6.07) is 17.3. The van der Waals surface area contributed by atoms with Crippen LogP contribution in [0.15, 0.2) is 60.7 Å². The van der Waals surface area contributed by atoms with Crippen LogP contribution in [0.5, 0.6) is 5.75 Å². The van der Waals surface area contributed by atoms with Crippen LogP contribution in [0, 0.1) is 0 Å². The van der Waals surface area contributed by atoms with E-state index in [1.54, 1.807) is 6.07 Å². The third-order valence-electron chi connectivity index (χ3n) is 4.68. The SMILES string of the molecule is CN(C)CCCc1c(OCc2cccc(C(F)(F)F)c2)ccc2ccccc12. The Morgan fingerprint density at radius 1 is 0.929 bits per heavy atom. The summed E-state index contributed by atoms with van der Waals surface area (Å²) in [5.74, 6) is 0.731. The molecule has 0 bridgehead atoms. The number of nitrogens with zero attached hydrogens (tertiary/aromatic N) is 1. The van der Waals surface area contributed by atoms with E-state index < -0.39 is 11.7 Å². The van der Waals surface area contributed by atoms with Crippen LogP contribution in [0.3, 0.4) is 0 Å². The zero-order valence-electron chi connectivity index (χ0n) is 16.1. The molecular weight excluding hydrogens is 363 g/mol. The first kappa shape index (κ1) is 20.2. The van der Waals surface area contributed by atoms with E-state index >= 15 is 0 Å². The molecule has 0 atom stereocenters. The van der Waals surface area contributed by atoms with Crippen molar-refractivity contribution in [3.63, 3.8) is 0 Å². The number of rotatable bonds is 7. The Bertz CT molecular complexity index is 935. The van der Waals surface area contributed by atoms with Crippen molar-refractivity contribution >= 4 is 10.8 Å². The fraction of sp³-hybridized carbons (Fsp3) is 0.304. The first-order chi connectivity index (χ1) is 13.3. The Hall–Kier alpha value is -2.53. The number of hydrogen-bond acceptors (Lipinski definition) is 2. The molecule has 0 aliphatic rings. The summed E-state index contributed by atoms with van der Waals surface area (Å²) in [6.45, 7) is 1.05. The van der Waals surface area contributed by atoms with Crippen molar-refractivity contribution in [3.8, 4) is 5.75 Å². The van der Waals surface area contributed by atoms with Gasteiger partial charge in [-0.3, -0.25) is 0 Å². The number of halogens is 3. The molecule has 0 saturated carbocycles. The van der Waals surface area contributed by atoms with E-state index in [1.807, 2.05) is 38.4 Å². The Kier molecular flexibility index (Phi) is 6.25. The largest absolute Gasteiger partial charge is 0.489 e. The van der Waals surface area contributed by atoms with Crippen molar-refractivity contribution in [1.82, 2.24) is 4.90 Å². The van der Waals surface area contributed by atoms with Gasteiger partial charge in [0.2, 0.25) is 0 Å². The van der Waals surface area contributed by atoms with Crippen LogP contribution in [0.4, 0.5) is 13.2 Å². The minimum Gasteiger partial charge on any atom is -0.489 e. The van der Waals surface area contributed by atoms with Crippen molar-refractivity contribution in [3.05, 3.63) is 77.4 Å². The molecule has 0 heterocycles. The Morgan fingerprint density at radius 2 is 1.71 bits per heavy atom. The monoisotopic (exact) mass is 387 g/mol. The maximum absolute atomic E-state index is 12.9. The molecular formula is C23H24F3NO. The standard InChI is InChI=1S/C23H24F3NO/c1-27(2)14-6-11-21-20-10-4-3-8-18(20)12-13-22(21)28-16-17-7-5-9-19(15-17)23(24,25)26/h3-5,7-10,12-13,15H,6,11,14,16H2,1-2H3. The lowest BCUT2D eigenvalue weighted by molar-refractivity contribution is -0.137. The lowest BCUT2D eigenvalue weighted by Crippen LogP contribution is -2.13. The quantitative estimate of drug-likeness (QED) is 0.498.